The van der Waals surface area contributed by atoms with E-state index in [1.807, 2.05) is 5.32 Å². The van der Waals surface area contributed by atoms with Gasteiger partial charge in [-0.15, -0.1) is 0 Å². The molecule has 0 bridgehead atoms. The van der Waals surface area contributed by atoms with Crippen LogP contribution in [0, 0.1) is 0 Å². The van der Waals surface area contributed by atoms with Crippen LogP contribution < -0.4 is 10.6 Å². The van der Waals surface area contributed by atoms with Gasteiger partial charge in [-0.25, -0.2) is 9.59 Å². The Bertz CT molecular complexity index is 309. The van der Waals surface area contributed by atoms with Crippen LogP contribution in [0.15, 0.2) is 0 Å². The van der Waals surface area contributed by atoms with Gasteiger partial charge in [-0.2, -0.15) is 0 Å². The largest absolute Gasteiger partial charge is 0.480 e. The summed E-state index contributed by atoms with van der Waals surface area (Å²) in [4.78, 5) is 31.9. The fourth-order valence-electron chi connectivity index (χ4n) is 0.800. The van der Waals surface area contributed by atoms with Crippen molar-refractivity contribution in [3.05, 3.63) is 0 Å². The summed E-state index contributed by atoms with van der Waals surface area (Å²) in [5, 5.41) is 30.0. The molecule has 0 saturated carbocycles. The Labute approximate surface area is 108 Å². The van der Waals surface area contributed by atoms with Crippen molar-refractivity contribution in [1.82, 2.24) is 10.6 Å². The molecule has 19 heavy (non-hydrogen) atoms. The van der Waals surface area contributed by atoms with Gasteiger partial charge in [0.25, 0.3) is 0 Å². The van der Waals surface area contributed by atoms with Crippen LogP contribution in [0.2, 0.25) is 0 Å². The van der Waals surface area contributed by atoms with Crippen LogP contribution in [-0.2, 0) is 14.3 Å². The topological polar surface area (TPSA) is 154 Å². The third kappa shape index (κ3) is 10.8. The number of ether oxygens (including phenoxy) is 2. The molecule has 2 amide bonds. The first-order chi connectivity index (χ1) is 8.95. The van der Waals surface area contributed by atoms with Crippen molar-refractivity contribution in [2.45, 2.75) is 6.10 Å². The van der Waals surface area contributed by atoms with E-state index in [1.54, 1.807) is 0 Å². The molecular formula is C9H16N2O8. The average Bonchev–Trinajstić information content (AvgIpc) is 2.37. The number of aliphatic hydroxyl groups is 2. The highest BCUT2D eigenvalue weighted by molar-refractivity contribution is 5.76. The number of carboxylic acid groups (broad SMARTS) is 1. The van der Waals surface area contributed by atoms with Gasteiger partial charge >= 0.3 is 18.2 Å². The predicted molar refractivity (Wildman–Crippen MR) is 59.4 cm³/mol. The van der Waals surface area contributed by atoms with E-state index in [0.717, 1.165) is 0 Å². The molecule has 0 aliphatic carbocycles. The minimum atomic E-state index is -1.24. The van der Waals surface area contributed by atoms with Crippen molar-refractivity contribution in [2.24, 2.45) is 0 Å². The first-order valence-corrected chi connectivity index (χ1v) is 5.27. The minimum absolute atomic E-state index is 0.0169. The molecule has 0 spiro atoms. The van der Waals surface area contributed by atoms with Crippen molar-refractivity contribution in [1.29, 1.82) is 0 Å². The number of hydrogen-bond donors (Lipinski definition) is 5. The SMILES string of the molecule is O=C(O)CNC(=O)OCC(O)COC(=O)NCCO. The van der Waals surface area contributed by atoms with E-state index in [-0.39, 0.29) is 13.2 Å². The second-order valence-corrected chi connectivity index (χ2v) is 3.25. The van der Waals surface area contributed by atoms with Crippen LogP contribution in [0.4, 0.5) is 9.59 Å². The lowest BCUT2D eigenvalue weighted by Gasteiger charge is -2.12. The van der Waals surface area contributed by atoms with Gasteiger partial charge in [0, 0.05) is 6.54 Å². The molecule has 10 heteroatoms. The normalized spacial score (nSPS) is 11.3. The van der Waals surface area contributed by atoms with E-state index >= 15 is 0 Å². The van der Waals surface area contributed by atoms with E-state index in [1.165, 1.54) is 0 Å². The lowest BCUT2D eigenvalue weighted by molar-refractivity contribution is -0.135. The number of alkyl carbamates (subject to hydrolysis) is 2. The number of rotatable bonds is 8. The molecule has 0 aromatic heterocycles. The number of carbonyl (C=O) groups is 3. The molecule has 0 aliphatic rings. The van der Waals surface area contributed by atoms with Gasteiger partial charge in [-0.1, -0.05) is 0 Å². The maximum atomic E-state index is 10.9. The molecule has 5 N–H and O–H groups in total. The molecule has 0 rings (SSSR count). The molecule has 0 aliphatic heterocycles. The predicted octanol–water partition coefficient (Wildman–Crippen LogP) is -2.12. The fraction of sp³-hybridized carbons (Fsp3) is 0.667. The molecular weight excluding hydrogens is 264 g/mol. The molecule has 0 saturated heterocycles. The fourth-order valence-corrected chi connectivity index (χ4v) is 0.800. The Hall–Kier alpha value is -2.07. The highest BCUT2D eigenvalue weighted by Gasteiger charge is 2.12. The van der Waals surface area contributed by atoms with Gasteiger partial charge in [-0.3, -0.25) is 4.79 Å². The second kappa shape index (κ2) is 9.91. The maximum Gasteiger partial charge on any atom is 0.407 e. The Kier molecular flexibility index (Phi) is 8.83. The number of nitrogens with one attached hydrogen (secondary N) is 2. The van der Waals surface area contributed by atoms with Crippen molar-refractivity contribution in [3.8, 4) is 0 Å². The van der Waals surface area contributed by atoms with E-state index in [0.29, 0.717) is 0 Å². The molecule has 0 aromatic rings. The number of carbonyl (C=O) groups excluding carboxylic acids is 2. The summed E-state index contributed by atoms with van der Waals surface area (Å²) >= 11 is 0. The van der Waals surface area contributed by atoms with Crippen LogP contribution in [0.25, 0.3) is 0 Å². The Balaban J connectivity index is 3.63. The van der Waals surface area contributed by atoms with Gasteiger partial charge < -0.3 is 35.4 Å². The van der Waals surface area contributed by atoms with Gasteiger partial charge in [0.1, 0.15) is 25.9 Å². The Morgan fingerprint density at radius 2 is 1.58 bits per heavy atom. The minimum Gasteiger partial charge on any atom is -0.480 e. The van der Waals surface area contributed by atoms with E-state index in [9.17, 15) is 19.5 Å². The molecule has 1 atom stereocenters. The van der Waals surface area contributed by atoms with Crippen molar-refractivity contribution >= 4 is 18.2 Å². The summed E-state index contributed by atoms with van der Waals surface area (Å²) in [6.45, 7) is -1.70. The van der Waals surface area contributed by atoms with Crippen molar-refractivity contribution in [2.75, 3.05) is 32.9 Å². The molecule has 0 radical (unpaired) electrons. The lowest BCUT2D eigenvalue weighted by Crippen LogP contribution is -2.34. The summed E-state index contributed by atoms with van der Waals surface area (Å²) < 4.78 is 8.97. The third-order valence-electron chi connectivity index (χ3n) is 1.58. The molecule has 0 fully saturated rings. The van der Waals surface area contributed by atoms with Crippen molar-refractivity contribution < 1.29 is 39.2 Å². The van der Waals surface area contributed by atoms with Crippen LogP contribution >= 0.6 is 0 Å². The average molecular weight is 280 g/mol. The third-order valence-corrected chi connectivity index (χ3v) is 1.58. The molecule has 110 valence electrons. The number of aliphatic hydroxyl groups excluding tert-OH is 2. The van der Waals surface area contributed by atoms with Crippen LogP contribution in [0.5, 0.6) is 0 Å². The molecule has 10 nitrogen and oxygen atoms in total. The second-order valence-electron chi connectivity index (χ2n) is 3.25. The Morgan fingerprint density at radius 1 is 1.05 bits per heavy atom. The molecule has 0 heterocycles. The van der Waals surface area contributed by atoms with Crippen molar-refractivity contribution in [3.63, 3.8) is 0 Å². The summed E-state index contributed by atoms with van der Waals surface area (Å²) in [6.07, 6.45) is -3.08. The summed E-state index contributed by atoms with van der Waals surface area (Å²) in [7, 11) is 0. The van der Waals surface area contributed by atoms with Crippen LogP contribution in [0.1, 0.15) is 0 Å². The number of amides is 2. The van der Waals surface area contributed by atoms with Gasteiger partial charge in [-0.05, 0) is 0 Å². The van der Waals surface area contributed by atoms with Crippen LogP contribution in [-0.4, -0.2) is 72.5 Å². The zero-order chi connectivity index (χ0) is 14.7. The quantitative estimate of drug-likeness (QED) is 0.338. The highest BCUT2D eigenvalue weighted by atomic mass is 16.6. The number of aliphatic carboxylic acids is 1. The zero-order valence-electron chi connectivity index (χ0n) is 10.00. The summed E-state index contributed by atoms with van der Waals surface area (Å²) in [6, 6.07) is 0. The summed E-state index contributed by atoms with van der Waals surface area (Å²) in [5.41, 5.74) is 0. The maximum absolute atomic E-state index is 10.9. The zero-order valence-corrected chi connectivity index (χ0v) is 10.00. The molecule has 1 unspecified atom stereocenters. The standard InChI is InChI=1S/C9H16N2O8/c12-2-1-10-8(16)18-4-6(13)5-19-9(17)11-3-7(14)15/h6,12-13H,1-5H2,(H,10,16)(H,11,17)(H,14,15). The smallest absolute Gasteiger partial charge is 0.407 e. The van der Waals surface area contributed by atoms with Gasteiger partial charge in [0.05, 0.1) is 6.61 Å². The van der Waals surface area contributed by atoms with E-state index < -0.39 is 44.0 Å². The molecule has 0 aromatic carbocycles. The lowest BCUT2D eigenvalue weighted by atomic mass is 10.4. The highest BCUT2D eigenvalue weighted by Crippen LogP contribution is 1.89. The monoisotopic (exact) mass is 280 g/mol. The summed E-state index contributed by atoms with van der Waals surface area (Å²) in [5.74, 6) is -1.23. The number of hydrogen-bond acceptors (Lipinski definition) is 7. The van der Waals surface area contributed by atoms with Gasteiger partial charge in [0.15, 0.2) is 0 Å². The Morgan fingerprint density at radius 3 is 2.05 bits per heavy atom. The number of carboxylic acids is 1. The van der Waals surface area contributed by atoms with E-state index in [2.05, 4.69) is 14.8 Å². The first-order valence-electron chi connectivity index (χ1n) is 5.27. The first kappa shape index (κ1) is 16.9. The van der Waals surface area contributed by atoms with E-state index in [4.69, 9.17) is 10.2 Å². The van der Waals surface area contributed by atoms with Crippen LogP contribution in [0.3, 0.4) is 0 Å². The van der Waals surface area contributed by atoms with Gasteiger partial charge in [0.2, 0.25) is 0 Å².